The highest BCUT2D eigenvalue weighted by atomic mass is 16.5. The summed E-state index contributed by atoms with van der Waals surface area (Å²) in [7, 11) is 1.70. The Bertz CT molecular complexity index is 437. The van der Waals surface area contributed by atoms with Crippen molar-refractivity contribution in [3.63, 3.8) is 0 Å². The summed E-state index contributed by atoms with van der Waals surface area (Å²) in [5.41, 5.74) is 2.42. The van der Waals surface area contributed by atoms with Gasteiger partial charge < -0.3 is 10.1 Å². The molecular formula is C19H31NO2. The molecule has 22 heavy (non-hydrogen) atoms. The van der Waals surface area contributed by atoms with Crippen LogP contribution in [0, 0.1) is 5.92 Å². The van der Waals surface area contributed by atoms with Crippen LogP contribution in [0.15, 0.2) is 24.3 Å². The van der Waals surface area contributed by atoms with Crippen LogP contribution in [-0.4, -0.2) is 26.2 Å². The Labute approximate surface area is 135 Å². The average Bonchev–Trinajstić information content (AvgIpc) is 2.47. The van der Waals surface area contributed by atoms with E-state index in [1.807, 2.05) is 0 Å². The maximum absolute atomic E-state index is 12.5. The molecule has 1 amide bonds. The number of hydrogen-bond acceptors (Lipinski definition) is 2. The number of carbonyl (C=O) groups is 1. The van der Waals surface area contributed by atoms with Gasteiger partial charge in [0, 0.05) is 20.3 Å². The van der Waals surface area contributed by atoms with E-state index in [0.29, 0.717) is 5.92 Å². The van der Waals surface area contributed by atoms with Gasteiger partial charge in [-0.05, 0) is 35.8 Å². The summed E-state index contributed by atoms with van der Waals surface area (Å²) >= 11 is 0. The van der Waals surface area contributed by atoms with Crippen LogP contribution < -0.4 is 5.32 Å². The van der Waals surface area contributed by atoms with E-state index >= 15 is 0 Å². The van der Waals surface area contributed by atoms with Crippen LogP contribution in [-0.2, 0) is 9.53 Å². The maximum atomic E-state index is 12.5. The fraction of sp³-hybridized carbons (Fsp3) is 0.632. The minimum Gasteiger partial charge on any atom is -0.385 e. The van der Waals surface area contributed by atoms with Gasteiger partial charge in [0.2, 0.25) is 5.91 Å². The molecule has 0 aliphatic carbocycles. The first-order valence-electron chi connectivity index (χ1n) is 8.33. The van der Waals surface area contributed by atoms with Crippen molar-refractivity contribution in [2.24, 2.45) is 5.92 Å². The van der Waals surface area contributed by atoms with Crippen molar-refractivity contribution in [3.05, 3.63) is 35.4 Å². The minimum atomic E-state index is -0.0800. The van der Waals surface area contributed by atoms with Gasteiger partial charge in [0.1, 0.15) is 0 Å². The smallest absolute Gasteiger partial charge is 0.227 e. The first-order chi connectivity index (χ1) is 10.5. The fourth-order valence-corrected chi connectivity index (χ4v) is 2.62. The Hall–Kier alpha value is -1.35. The third-order valence-electron chi connectivity index (χ3n) is 3.99. The third-order valence-corrected chi connectivity index (χ3v) is 3.99. The van der Waals surface area contributed by atoms with Crippen LogP contribution in [0.25, 0.3) is 0 Å². The molecule has 1 aromatic carbocycles. The number of methoxy groups -OCH3 is 1. The lowest BCUT2D eigenvalue weighted by molar-refractivity contribution is -0.123. The van der Waals surface area contributed by atoms with Crippen LogP contribution in [0.1, 0.15) is 63.5 Å². The molecule has 1 N–H and O–H groups in total. The predicted molar refractivity (Wildman–Crippen MR) is 92.2 cm³/mol. The van der Waals surface area contributed by atoms with E-state index in [2.05, 4.69) is 57.3 Å². The third kappa shape index (κ3) is 5.80. The molecule has 0 radical (unpaired) electrons. The van der Waals surface area contributed by atoms with E-state index in [4.69, 9.17) is 4.74 Å². The zero-order valence-corrected chi connectivity index (χ0v) is 14.7. The number of unbranched alkanes of at least 4 members (excludes halogenated alkanes) is 1. The van der Waals surface area contributed by atoms with Crippen LogP contribution in [0.3, 0.4) is 0 Å². The first kappa shape index (κ1) is 18.7. The largest absolute Gasteiger partial charge is 0.385 e. The first-order valence-corrected chi connectivity index (χ1v) is 8.33. The Morgan fingerprint density at radius 3 is 2.14 bits per heavy atom. The number of carbonyl (C=O) groups excluding carboxylic acids is 1. The highest BCUT2D eigenvalue weighted by Crippen LogP contribution is 2.26. The molecule has 0 aliphatic heterocycles. The van der Waals surface area contributed by atoms with Crippen LogP contribution >= 0.6 is 0 Å². The second-order valence-corrected chi connectivity index (χ2v) is 6.53. The molecule has 0 spiro atoms. The molecular weight excluding hydrogens is 274 g/mol. The van der Waals surface area contributed by atoms with E-state index in [1.165, 1.54) is 5.56 Å². The number of amides is 1. The molecule has 1 aromatic rings. The van der Waals surface area contributed by atoms with Crippen molar-refractivity contribution in [2.45, 2.75) is 52.4 Å². The van der Waals surface area contributed by atoms with Crippen molar-refractivity contribution in [1.29, 1.82) is 0 Å². The number of rotatable bonds is 9. The topological polar surface area (TPSA) is 38.3 Å². The van der Waals surface area contributed by atoms with Crippen molar-refractivity contribution in [3.8, 4) is 0 Å². The second-order valence-electron chi connectivity index (χ2n) is 6.53. The summed E-state index contributed by atoms with van der Waals surface area (Å²) in [4.78, 5) is 12.5. The van der Waals surface area contributed by atoms with Crippen LogP contribution in [0.2, 0.25) is 0 Å². The molecule has 1 rings (SSSR count). The average molecular weight is 305 g/mol. The summed E-state index contributed by atoms with van der Waals surface area (Å²) in [6, 6.07) is 8.48. The lowest BCUT2D eigenvalue weighted by Gasteiger charge is -2.21. The lowest BCUT2D eigenvalue weighted by Crippen LogP contribution is -2.32. The van der Waals surface area contributed by atoms with Crippen LogP contribution in [0.5, 0.6) is 0 Å². The molecule has 0 saturated heterocycles. The van der Waals surface area contributed by atoms with Gasteiger partial charge >= 0.3 is 0 Å². The second kappa shape index (κ2) is 9.62. The Morgan fingerprint density at radius 1 is 1.05 bits per heavy atom. The van der Waals surface area contributed by atoms with Gasteiger partial charge in [0.15, 0.2) is 0 Å². The zero-order chi connectivity index (χ0) is 16.5. The Morgan fingerprint density at radius 2 is 1.64 bits per heavy atom. The molecule has 124 valence electrons. The van der Waals surface area contributed by atoms with Gasteiger partial charge in [-0.15, -0.1) is 0 Å². The Kier molecular flexibility index (Phi) is 8.18. The van der Waals surface area contributed by atoms with Gasteiger partial charge in [0.25, 0.3) is 0 Å². The van der Waals surface area contributed by atoms with Gasteiger partial charge in [-0.3, -0.25) is 4.79 Å². The van der Waals surface area contributed by atoms with Crippen LogP contribution in [0.4, 0.5) is 0 Å². The maximum Gasteiger partial charge on any atom is 0.227 e. The fourth-order valence-electron chi connectivity index (χ4n) is 2.62. The summed E-state index contributed by atoms with van der Waals surface area (Å²) in [5, 5.41) is 3.06. The SMILES string of the molecule is COCCCCNC(=O)C(c1ccc(C(C)C)cc1)C(C)C. The summed E-state index contributed by atoms with van der Waals surface area (Å²) < 4.78 is 5.02. The van der Waals surface area contributed by atoms with E-state index in [0.717, 1.165) is 31.6 Å². The predicted octanol–water partition coefficient (Wildman–Crippen LogP) is 4.09. The monoisotopic (exact) mass is 305 g/mol. The summed E-state index contributed by atoms with van der Waals surface area (Å²) in [6.45, 7) is 10.0. The molecule has 0 bridgehead atoms. The van der Waals surface area contributed by atoms with Gasteiger partial charge in [0.05, 0.1) is 5.92 Å². The molecule has 3 nitrogen and oxygen atoms in total. The number of ether oxygens (including phenoxy) is 1. The molecule has 0 aromatic heterocycles. The number of hydrogen-bond donors (Lipinski definition) is 1. The molecule has 3 heteroatoms. The lowest BCUT2D eigenvalue weighted by atomic mass is 9.86. The van der Waals surface area contributed by atoms with Gasteiger partial charge in [-0.2, -0.15) is 0 Å². The number of nitrogens with one attached hydrogen (secondary N) is 1. The highest BCUT2D eigenvalue weighted by Gasteiger charge is 2.23. The van der Waals surface area contributed by atoms with E-state index in [1.54, 1.807) is 7.11 Å². The minimum absolute atomic E-state index is 0.0800. The van der Waals surface area contributed by atoms with Gasteiger partial charge in [-0.1, -0.05) is 52.0 Å². The molecule has 1 atom stereocenters. The van der Waals surface area contributed by atoms with Gasteiger partial charge in [-0.25, -0.2) is 0 Å². The molecule has 0 aliphatic rings. The standard InChI is InChI=1S/C19H31NO2/c1-14(2)16-8-10-17(11-9-16)18(15(3)4)19(21)20-12-6-7-13-22-5/h8-11,14-15,18H,6-7,12-13H2,1-5H3,(H,20,21). The van der Waals surface area contributed by atoms with E-state index in [-0.39, 0.29) is 17.7 Å². The number of benzene rings is 1. The van der Waals surface area contributed by atoms with E-state index in [9.17, 15) is 4.79 Å². The molecule has 0 fully saturated rings. The zero-order valence-electron chi connectivity index (χ0n) is 14.7. The summed E-state index contributed by atoms with van der Waals surface area (Å²) in [5.74, 6) is 0.846. The molecule has 1 unspecified atom stereocenters. The van der Waals surface area contributed by atoms with Crippen molar-refractivity contribution < 1.29 is 9.53 Å². The highest BCUT2D eigenvalue weighted by molar-refractivity contribution is 5.83. The molecule has 0 saturated carbocycles. The van der Waals surface area contributed by atoms with E-state index < -0.39 is 0 Å². The summed E-state index contributed by atoms with van der Waals surface area (Å²) in [6.07, 6.45) is 1.93. The quantitative estimate of drug-likeness (QED) is 0.698. The normalized spacial score (nSPS) is 12.7. The van der Waals surface area contributed by atoms with Crippen molar-refractivity contribution in [2.75, 3.05) is 20.3 Å². The van der Waals surface area contributed by atoms with Crippen molar-refractivity contribution >= 4 is 5.91 Å². The Balaban J connectivity index is 2.66. The molecule has 0 heterocycles. The van der Waals surface area contributed by atoms with Crippen molar-refractivity contribution in [1.82, 2.24) is 5.32 Å².